The van der Waals surface area contributed by atoms with Crippen LogP contribution in [-0.2, 0) is 0 Å². The van der Waals surface area contributed by atoms with Gasteiger partial charge in [0, 0.05) is 6.07 Å². The Hall–Kier alpha value is -2.55. The molecule has 7 N–H and O–H groups in total. The summed E-state index contributed by atoms with van der Waals surface area (Å²) in [6, 6.07) is 2.58. The van der Waals surface area contributed by atoms with Crippen molar-refractivity contribution in [3.8, 4) is 0 Å². The molecule has 2 heterocycles. The molecule has 1 amide bonds. The third-order valence-corrected chi connectivity index (χ3v) is 2.94. The molecular formula is C10H10N6O2S. The van der Waals surface area contributed by atoms with E-state index in [-0.39, 0.29) is 27.8 Å². The minimum absolute atomic E-state index is 0.0943. The van der Waals surface area contributed by atoms with Crippen molar-refractivity contribution in [1.82, 2.24) is 15.0 Å². The predicted octanol–water partition coefficient (Wildman–Crippen LogP) is -0.421. The van der Waals surface area contributed by atoms with E-state index in [4.69, 9.17) is 17.2 Å². The predicted molar refractivity (Wildman–Crippen MR) is 70.6 cm³/mol. The molecule has 98 valence electrons. The summed E-state index contributed by atoms with van der Waals surface area (Å²) in [5, 5.41) is 0.675. The summed E-state index contributed by atoms with van der Waals surface area (Å²) in [7, 11) is 0. The summed E-state index contributed by atoms with van der Waals surface area (Å²) < 4.78 is 0. The number of primary amides is 1. The average molecular weight is 278 g/mol. The first-order valence-corrected chi connectivity index (χ1v) is 5.87. The molecule has 0 saturated heterocycles. The van der Waals surface area contributed by atoms with Gasteiger partial charge in [-0.15, -0.1) is 0 Å². The van der Waals surface area contributed by atoms with E-state index >= 15 is 0 Å². The summed E-state index contributed by atoms with van der Waals surface area (Å²) in [6.07, 6.45) is 1.31. The Morgan fingerprint density at radius 2 is 2.05 bits per heavy atom. The van der Waals surface area contributed by atoms with Crippen LogP contribution in [0.3, 0.4) is 0 Å². The maximum Gasteiger partial charge on any atom is 0.253 e. The quantitative estimate of drug-likeness (QED) is 0.556. The SMILES string of the molecule is NC(=O)c1cc(Sc2nc(N)cc(=O)[nH]2)ncc1N. The molecule has 0 radical (unpaired) electrons. The fourth-order valence-corrected chi connectivity index (χ4v) is 2.10. The Kier molecular flexibility index (Phi) is 3.38. The van der Waals surface area contributed by atoms with E-state index in [9.17, 15) is 9.59 Å². The van der Waals surface area contributed by atoms with Crippen LogP contribution in [0.2, 0.25) is 0 Å². The number of hydrogen-bond acceptors (Lipinski definition) is 7. The van der Waals surface area contributed by atoms with Crippen molar-refractivity contribution >= 4 is 29.2 Å². The van der Waals surface area contributed by atoms with Gasteiger partial charge in [0.1, 0.15) is 10.8 Å². The Bertz CT molecular complexity index is 699. The maximum atomic E-state index is 11.2. The fraction of sp³-hybridized carbons (Fsp3) is 0. The van der Waals surface area contributed by atoms with E-state index in [1.807, 2.05) is 0 Å². The van der Waals surface area contributed by atoms with Gasteiger partial charge in [0.2, 0.25) is 0 Å². The number of nitrogens with two attached hydrogens (primary N) is 3. The lowest BCUT2D eigenvalue weighted by atomic mass is 10.2. The zero-order chi connectivity index (χ0) is 14.0. The zero-order valence-corrected chi connectivity index (χ0v) is 10.4. The number of nitrogen functional groups attached to an aromatic ring is 2. The maximum absolute atomic E-state index is 11.2. The molecule has 0 unspecified atom stereocenters. The largest absolute Gasteiger partial charge is 0.397 e. The molecule has 0 fully saturated rings. The molecule has 8 nitrogen and oxygen atoms in total. The minimum Gasteiger partial charge on any atom is -0.397 e. The fourth-order valence-electron chi connectivity index (χ4n) is 1.32. The molecule has 0 spiro atoms. The molecule has 0 aliphatic heterocycles. The number of H-pyrrole nitrogens is 1. The summed E-state index contributed by atoms with van der Waals surface area (Å²) >= 11 is 1.04. The number of aromatic nitrogens is 3. The smallest absolute Gasteiger partial charge is 0.253 e. The number of nitrogens with zero attached hydrogens (tertiary/aromatic N) is 2. The number of carbonyl (C=O) groups excluding carboxylic acids is 1. The van der Waals surface area contributed by atoms with Crippen molar-refractivity contribution in [3.63, 3.8) is 0 Å². The second-order valence-electron chi connectivity index (χ2n) is 3.55. The van der Waals surface area contributed by atoms with Gasteiger partial charge in [-0.25, -0.2) is 9.97 Å². The number of nitrogens with one attached hydrogen (secondary N) is 1. The number of anilines is 2. The third kappa shape index (κ3) is 3.01. The summed E-state index contributed by atoms with van der Waals surface area (Å²) in [5.74, 6) is -0.562. The Labute approximate surface area is 111 Å². The second kappa shape index (κ2) is 4.98. The summed E-state index contributed by atoms with van der Waals surface area (Å²) in [4.78, 5) is 32.8. The monoisotopic (exact) mass is 278 g/mol. The zero-order valence-electron chi connectivity index (χ0n) is 9.58. The lowest BCUT2D eigenvalue weighted by Gasteiger charge is -2.04. The second-order valence-corrected chi connectivity index (χ2v) is 4.56. The van der Waals surface area contributed by atoms with Crippen LogP contribution in [0.4, 0.5) is 11.5 Å². The van der Waals surface area contributed by atoms with Gasteiger partial charge < -0.3 is 22.2 Å². The summed E-state index contributed by atoms with van der Waals surface area (Å²) in [6.45, 7) is 0. The number of amides is 1. The molecule has 0 bridgehead atoms. The first-order valence-electron chi connectivity index (χ1n) is 5.05. The highest BCUT2D eigenvalue weighted by Gasteiger charge is 2.10. The van der Waals surface area contributed by atoms with Crippen molar-refractivity contribution in [2.24, 2.45) is 5.73 Å². The lowest BCUT2D eigenvalue weighted by Crippen LogP contribution is -2.14. The average Bonchev–Trinajstić information content (AvgIpc) is 2.30. The van der Waals surface area contributed by atoms with Gasteiger partial charge in [0.25, 0.3) is 11.5 Å². The van der Waals surface area contributed by atoms with Gasteiger partial charge in [-0.2, -0.15) is 0 Å². The van der Waals surface area contributed by atoms with Gasteiger partial charge in [-0.3, -0.25) is 9.59 Å². The van der Waals surface area contributed by atoms with Gasteiger partial charge in [0.15, 0.2) is 5.16 Å². The molecule has 9 heteroatoms. The minimum atomic E-state index is -0.657. The summed E-state index contributed by atoms with van der Waals surface area (Å²) in [5.41, 5.74) is 16.2. The van der Waals surface area contributed by atoms with Crippen LogP contribution >= 0.6 is 11.8 Å². The number of hydrogen-bond donors (Lipinski definition) is 4. The number of aromatic amines is 1. The van der Waals surface area contributed by atoms with E-state index in [1.165, 1.54) is 12.3 Å². The van der Waals surface area contributed by atoms with E-state index in [0.717, 1.165) is 17.8 Å². The molecule has 0 aliphatic rings. The molecule has 0 aromatic carbocycles. The van der Waals surface area contributed by atoms with E-state index in [1.54, 1.807) is 0 Å². The Morgan fingerprint density at radius 1 is 1.32 bits per heavy atom. The van der Waals surface area contributed by atoms with Crippen LogP contribution in [0.15, 0.2) is 33.3 Å². The molecule has 2 aromatic heterocycles. The lowest BCUT2D eigenvalue weighted by molar-refractivity contribution is 0.100. The van der Waals surface area contributed by atoms with Gasteiger partial charge in [0.05, 0.1) is 17.4 Å². The van der Waals surface area contributed by atoms with E-state index < -0.39 is 5.91 Å². The van der Waals surface area contributed by atoms with Crippen molar-refractivity contribution in [2.45, 2.75) is 10.2 Å². The van der Waals surface area contributed by atoms with Crippen molar-refractivity contribution in [2.75, 3.05) is 11.5 Å². The molecular weight excluding hydrogens is 268 g/mol. The van der Waals surface area contributed by atoms with Crippen LogP contribution in [0.1, 0.15) is 10.4 Å². The Balaban J connectivity index is 2.36. The van der Waals surface area contributed by atoms with Crippen LogP contribution in [0.25, 0.3) is 0 Å². The molecule has 19 heavy (non-hydrogen) atoms. The topological polar surface area (TPSA) is 154 Å². The van der Waals surface area contributed by atoms with Gasteiger partial charge in [-0.05, 0) is 17.8 Å². The number of rotatable bonds is 3. The third-order valence-electron chi connectivity index (χ3n) is 2.12. The highest BCUT2D eigenvalue weighted by atomic mass is 32.2. The highest BCUT2D eigenvalue weighted by Crippen LogP contribution is 2.24. The first kappa shape index (κ1) is 12.9. The van der Waals surface area contributed by atoms with Crippen LogP contribution < -0.4 is 22.8 Å². The molecule has 2 aromatic rings. The molecule has 0 saturated carbocycles. The highest BCUT2D eigenvalue weighted by molar-refractivity contribution is 7.99. The van der Waals surface area contributed by atoms with Crippen molar-refractivity contribution in [1.29, 1.82) is 0 Å². The number of pyridine rings is 1. The van der Waals surface area contributed by atoms with Crippen molar-refractivity contribution < 1.29 is 4.79 Å². The normalized spacial score (nSPS) is 10.3. The van der Waals surface area contributed by atoms with E-state index in [0.29, 0.717) is 5.03 Å². The van der Waals surface area contributed by atoms with Crippen LogP contribution in [-0.4, -0.2) is 20.9 Å². The van der Waals surface area contributed by atoms with Crippen molar-refractivity contribution in [3.05, 3.63) is 34.2 Å². The Morgan fingerprint density at radius 3 is 2.68 bits per heavy atom. The molecule has 0 atom stereocenters. The van der Waals surface area contributed by atoms with E-state index in [2.05, 4.69) is 15.0 Å². The molecule has 0 aliphatic carbocycles. The van der Waals surface area contributed by atoms with Crippen LogP contribution in [0, 0.1) is 0 Å². The van der Waals surface area contributed by atoms with Gasteiger partial charge >= 0.3 is 0 Å². The number of carbonyl (C=O) groups is 1. The first-order chi connectivity index (χ1) is 8.95. The molecule has 2 rings (SSSR count). The van der Waals surface area contributed by atoms with Crippen LogP contribution in [0.5, 0.6) is 0 Å². The van der Waals surface area contributed by atoms with Gasteiger partial charge in [-0.1, -0.05) is 0 Å². The standard InChI is InChI=1S/C10H10N6O2S/c11-5-3-14-8(1-4(5)9(13)18)19-10-15-6(12)2-7(17)16-10/h1-3H,11H2,(H2,13,18)(H3,12,15,16,17).